The summed E-state index contributed by atoms with van der Waals surface area (Å²) in [5.41, 5.74) is 0.162. The number of rotatable bonds is 0. The van der Waals surface area contributed by atoms with Crippen molar-refractivity contribution in [3.05, 3.63) is 12.2 Å². The summed E-state index contributed by atoms with van der Waals surface area (Å²) in [7, 11) is 0. The molecule has 0 aliphatic heterocycles. The fourth-order valence-corrected chi connectivity index (χ4v) is 2.44. The molecule has 0 radical (unpaired) electrons. The average molecular weight is 164 g/mol. The van der Waals surface area contributed by atoms with Gasteiger partial charge >= 0.3 is 0 Å². The van der Waals surface area contributed by atoms with Gasteiger partial charge in [0.15, 0.2) is 11.6 Å². The van der Waals surface area contributed by atoms with Crippen molar-refractivity contribution in [2.45, 2.75) is 32.1 Å². The summed E-state index contributed by atoms with van der Waals surface area (Å²) in [6.07, 6.45) is 3.42. The minimum absolute atomic E-state index is 0.120. The van der Waals surface area contributed by atoms with Crippen LogP contribution in [0.15, 0.2) is 12.2 Å². The minimum Gasteiger partial charge on any atom is -0.298 e. The smallest absolute Gasteiger partial charge is 0.150 e. The quantitative estimate of drug-likeness (QED) is 0.403. The molecule has 1 spiro atoms. The molecule has 2 aliphatic carbocycles. The summed E-state index contributed by atoms with van der Waals surface area (Å²) in [5, 5.41) is 0. The molecular weight excluding hydrogens is 152 g/mol. The Kier molecular flexibility index (Phi) is 1.47. The van der Waals surface area contributed by atoms with Crippen molar-refractivity contribution in [1.82, 2.24) is 0 Å². The molecule has 2 aliphatic rings. The van der Waals surface area contributed by atoms with Crippen LogP contribution in [0.3, 0.4) is 0 Å². The molecule has 0 bridgehead atoms. The van der Waals surface area contributed by atoms with E-state index in [0.29, 0.717) is 12.8 Å². The Hall–Kier alpha value is -0.920. The standard InChI is InChI=1S/C10H12O2/c1-7-3-2-6-10(7)8(11)4-5-9(10)12/h1-6H2. The number of ketones is 2. The molecule has 0 heterocycles. The number of hydrogen-bond acceptors (Lipinski definition) is 2. The lowest BCUT2D eigenvalue weighted by atomic mass is 9.80. The molecule has 2 fully saturated rings. The Balaban J connectivity index is 2.46. The molecule has 0 saturated heterocycles. The molecule has 2 saturated carbocycles. The van der Waals surface area contributed by atoms with E-state index in [2.05, 4.69) is 6.58 Å². The SMILES string of the molecule is C=C1CCCC12C(=O)CCC2=O. The highest BCUT2D eigenvalue weighted by molar-refractivity contribution is 6.15. The molecule has 0 N–H and O–H groups in total. The van der Waals surface area contributed by atoms with Crippen molar-refractivity contribution in [2.24, 2.45) is 5.41 Å². The second-order valence-electron chi connectivity index (χ2n) is 3.71. The molecule has 0 aromatic rings. The normalized spacial score (nSPS) is 27.5. The second kappa shape index (κ2) is 2.28. The average Bonchev–Trinajstić information content (AvgIpc) is 2.53. The van der Waals surface area contributed by atoms with E-state index in [1.54, 1.807) is 0 Å². The molecular formula is C10H12O2. The van der Waals surface area contributed by atoms with Crippen LogP contribution in [0.25, 0.3) is 0 Å². The predicted octanol–water partition coefficient (Wildman–Crippen LogP) is 1.64. The summed E-state index contributed by atoms with van der Waals surface area (Å²) in [6, 6.07) is 0. The number of Topliss-reactive ketones (excluding diaryl/α,β-unsaturated/α-hetero) is 2. The predicted molar refractivity (Wildman–Crippen MR) is 44.7 cm³/mol. The maximum Gasteiger partial charge on any atom is 0.150 e. The zero-order valence-corrected chi connectivity index (χ0v) is 7.06. The first kappa shape index (κ1) is 7.71. The van der Waals surface area contributed by atoms with Gasteiger partial charge in [-0.2, -0.15) is 0 Å². The summed E-state index contributed by atoms with van der Waals surface area (Å²) in [6.45, 7) is 3.85. The van der Waals surface area contributed by atoms with E-state index < -0.39 is 5.41 Å². The lowest BCUT2D eigenvalue weighted by molar-refractivity contribution is -0.132. The number of carbonyl (C=O) groups excluding carboxylic acids is 2. The van der Waals surface area contributed by atoms with E-state index in [4.69, 9.17) is 0 Å². The highest BCUT2D eigenvalue weighted by Crippen LogP contribution is 2.48. The monoisotopic (exact) mass is 164 g/mol. The fourth-order valence-electron chi connectivity index (χ4n) is 2.44. The molecule has 0 atom stereocenters. The first-order valence-corrected chi connectivity index (χ1v) is 4.43. The van der Waals surface area contributed by atoms with Gasteiger partial charge < -0.3 is 0 Å². The maximum atomic E-state index is 11.5. The first-order valence-electron chi connectivity index (χ1n) is 4.43. The van der Waals surface area contributed by atoms with Gasteiger partial charge in [0.05, 0.1) is 0 Å². The highest BCUT2D eigenvalue weighted by atomic mass is 16.2. The Morgan fingerprint density at radius 2 is 1.67 bits per heavy atom. The van der Waals surface area contributed by atoms with Crippen molar-refractivity contribution < 1.29 is 9.59 Å². The summed E-state index contributed by atoms with van der Waals surface area (Å²) < 4.78 is 0. The molecule has 0 aromatic heterocycles. The van der Waals surface area contributed by atoms with Crippen molar-refractivity contribution >= 4 is 11.6 Å². The van der Waals surface area contributed by atoms with Crippen LogP contribution >= 0.6 is 0 Å². The second-order valence-corrected chi connectivity index (χ2v) is 3.71. The summed E-state index contributed by atoms with van der Waals surface area (Å²) in [4.78, 5) is 23.1. The van der Waals surface area contributed by atoms with Crippen LogP contribution in [0.2, 0.25) is 0 Å². The highest BCUT2D eigenvalue weighted by Gasteiger charge is 2.52. The van der Waals surface area contributed by atoms with Crippen LogP contribution in [0.5, 0.6) is 0 Å². The molecule has 12 heavy (non-hydrogen) atoms. The van der Waals surface area contributed by atoms with Crippen LogP contribution < -0.4 is 0 Å². The molecule has 0 amide bonds. The third-order valence-corrected chi connectivity index (χ3v) is 3.17. The van der Waals surface area contributed by atoms with Gasteiger partial charge in [-0.05, 0) is 19.3 Å². The largest absolute Gasteiger partial charge is 0.298 e. The summed E-state index contributed by atoms with van der Waals surface area (Å²) >= 11 is 0. The van der Waals surface area contributed by atoms with Gasteiger partial charge in [-0.25, -0.2) is 0 Å². The maximum absolute atomic E-state index is 11.5. The first-order chi connectivity index (χ1) is 5.68. The zero-order valence-electron chi connectivity index (χ0n) is 7.06. The van der Waals surface area contributed by atoms with Gasteiger partial charge in [-0.3, -0.25) is 9.59 Å². The lowest BCUT2D eigenvalue weighted by Gasteiger charge is -2.19. The Morgan fingerprint density at radius 1 is 1.08 bits per heavy atom. The van der Waals surface area contributed by atoms with Crippen molar-refractivity contribution in [3.63, 3.8) is 0 Å². The molecule has 0 aromatic carbocycles. The van der Waals surface area contributed by atoms with E-state index in [1.165, 1.54) is 0 Å². The van der Waals surface area contributed by atoms with Gasteiger partial charge in [0, 0.05) is 12.8 Å². The van der Waals surface area contributed by atoms with Crippen molar-refractivity contribution in [1.29, 1.82) is 0 Å². The Bertz CT molecular complexity index is 246. The van der Waals surface area contributed by atoms with Crippen LogP contribution in [0.4, 0.5) is 0 Å². The van der Waals surface area contributed by atoms with Gasteiger partial charge in [0.1, 0.15) is 5.41 Å². The van der Waals surface area contributed by atoms with Gasteiger partial charge in [0.2, 0.25) is 0 Å². The third kappa shape index (κ3) is 0.701. The van der Waals surface area contributed by atoms with E-state index in [-0.39, 0.29) is 11.6 Å². The van der Waals surface area contributed by atoms with Crippen LogP contribution in [0, 0.1) is 5.41 Å². The van der Waals surface area contributed by atoms with Gasteiger partial charge in [-0.1, -0.05) is 12.2 Å². The van der Waals surface area contributed by atoms with Gasteiger partial charge in [0.25, 0.3) is 0 Å². The lowest BCUT2D eigenvalue weighted by Crippen LogP contribution is -2.30. The number of carbonyl (C=O) groups is 2. The van der Waals surface area contributed by atoms with E-state index in [0.717, 1.165) is 24.8 Å². The number of allylic oxidation sites excluding steroid dienone is 1. The molecule has 0 unspecified atom stereocenters. The minimum atomic E-state index is -0.708. The molecule has 2 heteroatoms. The van der Waals surface area contributed by atoms with Crippen molar-refractivity contribution in [2.75, 3.05) is 0 Å². The zero-order chi connectivity index (χ0) is 8.77. The van der Waals surface area contributed by atoms with E-state index in [9.17, 15) is 9.59 Å². The van der Waals surface area contributed by atoms with Gasteiger partial charge in [-0.15, -0.1) is 0 Å². The van der Waals surface area contributed by atoms with Crippen molar-refractivity contribution in [3.8, 4) is 0 Å². The molecule has 2 nitrogen and oxygen atoms in total. The van der Waals surface area contributed by atoms with Crippen LogP contribution in [-0.4, -0.2) is 11.6 Å². The number of hydrogen-bond donors (Lipinski definition) is 0. The molecule has 2 rings (SSSR count). The van der Waals surface area contributed by atoms with E-state index in [1.807, 2.05) is 0 Å². The van der Waals surface area contributed by atoms with Crippen LogP contribution in [-0.2, 0) is 9.59 Å². The fraction of sp³-hybridized carbons (Fsp3) is 0.600. The molecule has 64 valence electrons. The van der Waals surface area contributed by atoms with E-state index >= 15 is 0 Å². The Labute approximate surface area is 71.6 Å². The topological polar surface area (TPSA) is 34.1 Å². The summed E-state index contributed by atoms with van der Waals surface area (Å²) in [5.74, 6) is 0.241. The Morgan fingerprint density at radius 3 is 2.08 bits per heavy atom. The third-order valence-electron chi connectivity index (χ3n) is 3.17. The van der Waals surface area contributed by atoms with Crippen LogP contribution in [0.1, 0.15) is 32.1 Å².